The second kappa shape index (κ2) is 8.13. The largest absolute Gasteiger partial charge is 0.497 e. The molecular weight excluding hydrogens is 422 g/mol. The number of hydrogen-bond acceptors (Lipinski definition) is 6. The van der Waals surface area contributed by atoms with Gasteiger partial charge in [-0.15, -0.1) is 0 Å². The molecule has 4 rings (SSSR count). The Balaban J connectivity index is 1.49. The first-order valence-corrected chi connectivity index (χ1v) is 11.2. The van der Waals surface area contributed by atoms with Crippen molar-refractivity contribution in [2.75, 3.05) is 17.1 Å². The summed E-state index contributed by atoms with van der Waals surface area (Å²) in [6.07, 6.45) is 0. The van der Waals surface area contributed by atoms with Crippen LogP contribution in [0.3, 0.4) is 0 Å². The molecule has 2 N–H and O–H groups in total. The number of carbonyl (C=O) groups excluding carboxylic acids is 1. The summed E-state index contributed by atoms with van der Waals surface area (Å²) >= 11 is 1.33. The Morgan fingerprint density at radius 1 is 1.00 bits per heavy atom. The summed E-state index contributed by atoms with van der Waals surface area (Å²) in [6, 6.07) is 19.8. The van der Waals surface area contributed by atoms with Crippen LogP contribution in [0.2, 0.25) is 0 Å². The summed E-state index contributed by atoms with van der Waals surface area (Å²) in [5.74, 6) is 0.339. The van der Waals surface area contributed by atoms with Crippen molar-refractivity contribution in [2.45, 2.75) is 4.90 Å². The molecule has 0 spiro atoms. The Kier molecular flexibility index (Phi) is 5.39. The number of nitrogens with one attached hydrogen (secondary N) is 2. The molecule has 0 atom stereocenters. The minimum Gasteiger partial charge on any atom is -0.497 e. The fourth-order valence-corrected chi connectivity index (χ4v) is 4.71. The van der Waals surface area contributed by atoms with Crippen LogP contribution in [0.1, 0.15) is 10.4 Å². The highest BCUT2D eigenvalue weighted by Crippen LogP contribution is 2.29. The highest BCUT2D eigenvalue weighted by Gasteiger charge is 2.16. The van der Waals surface area contributed by atoms with Gasteiger partial charge in [-0.1, -0.05) is 29.5 Å². The van der Waals surface area contributed by atoms with Crippen LogP contribution in [0.4, 0.5) is 10.8 Å². The third kappa shape index (κ3) is 4.27. The van der Waals surface area contributed by atoms with Crippen LogP contribution in [0.15, 0.2) is 77.7 Å². The van der Waals surface area contributed by atoms with Gasteiger partial charge in [0.1, 0.15) is 5.75 Å². The predicted molar refractivity (Wildman–Crippen MR) is 118 cm³/mol. The molecule has 7 nitrogen and oxygen atoms in total. The molecule has 0 fully saturated rings. The van der Waals surface area contributed by atoms with Gasteiger partial charge in [0.2, 0.25) is 0 Å². The van der Waals surface area contributed by atoms with Crippen LogP contribution in [0, 0.1) is 0 Å². The summed E-state index contributed by atoms with van der Waals surface area (Å²) in [7, 11) is -2.16. The number of methoxy groups -OCH3 is 1. The Bertz CT molecular complexity index is 1300. The van der Waals surface area contributed by atoms with E-state index in [1.54, 1.807) is 43.5 Å². The molecule has 3 aromatic carbocycles. The molecule has 9 heteroatoms. The SMILES string of the molecule is COc1ccc2nc(NC(=O)c3ccc(S(=O)(=O)Nc4ccccc4)cc3)sc2c1. The van der Waals surface area contributed by atoms with E-state index in [1.807, 2.05) is 12.1 Å². The lowest BCUT2D eigenvalue weighted by Gasteiger charge is -2.08. The van der Waals surface area contributed by atoms with Gasteiger partial charge in [0.05, 0.1) is 22.2 Å². The molecule has 30 heavy (non-hydrogen) atoms. The van der Waals surface area contributed by atoms with E-state index in [4.69, 9.17) is 4.74 Å². The molecule has 0 saturated heterocycles. The Morgan fingerprint density at radius 2 is 1.73 bits per heavy atom. The van der Waals surface area contributed by atoms with Gasteiger partial charge >= 0.3 is 0 Å². The summed E-state index contributed by atoms with van der Waals surface area (Å²) in [5, 5.41) is 3.20. The second-order valence-corrected chi connectivity index (χ2v) is 9.02. The monoisotopic (exact) mass is 439 g/mol. The highest BCUT2D eigenvalue weighted by molar-refractivity contribution is 7.92. The number of nitrogens with zero attached hydrogens (tertiary/aromatic N) is 1. The van der Waals surface area contributed by atoms with Crippen LogP contribution in [0.5, 0.6) is 5.75 Å². The minimum atomic E-state index is -3.74. The molecule has 4 aromatic rings. The van der Waals surface area contributed by atoms with Crippen molar-refractivity contribution >= 4 is 48.3 Å². The lowest BCUT2D eigenvalue weighted by molar-refractivity contribution is 0.102. The number of fused-ring (bicyclic) bond motifs is 1. The number of carbonyl (C=O) groups is 1. The van der Waals surface area contributed by atoms with Crippen molar-refractivity contribution in [2.24, 2.45) is 0 Å². The summed E-state index contributed by atoms with van der Waals surface area (Å²) in [6.45, 7) is 0. The van der Waals surface area contributed by atoms with Gasteiger partial charge in [-0.05, 0) is 54.6 Å². The molecule has 0 aliphatic rings. The molecule has 0 unspecified atom stereocenters. The van der Waals surface area contributed by atoms with Crippen LogP contribution < -0.4 is 14.8 Å². The van der Waals surface area contributed by atoms with Crippen molar-refractivity contribution < 1.29 is 17.9 Å². The fourth-order valence-electron chi connectivity index (χ4n) is 2.76. The van der Waals surface area contributed by atoms with Crippen molar-refractivity contribution in [1.82, 2.24) is 4.98 Å². The van der Waals surface area contributed by atoms with Crippen molar-refractivity contribution in [3.05, 3.63) is 78.4 Å². The molecule has 1 amide bonds. The number of amides is 1. The Morgan fingerprint density at radius 3 is 2.43 bits per heavy atom. The molecule has 0 aliphatic heterocycles. The third-order valence-corrected chi connectivity index (χ3v) is 6.60. The van der Waals surface area contributed by atoms with E-state index in [-0.39, 0.29) is 10.8 Å². The number of sulfonamides is 1. The van der Waals surface area contributed by atoms with Crippen molar-refractivity contribution in [3.8, 4) is 5.75 Å². The molecular formula is C21H17N3O4S2. The predicted octanol–water partition coefficient (Wildman–Crippen LogP) is 4.36. The molecule has 0 radical (unpaired) electrons. The topological polar surface area (TPSA) is 97.4 Å². The maximum absolute atomic E-state index is 12.5. The number of benzene rings is 3. The van der Waals surface area contributed by atoms with Gasteiger partial charge in [-0.2, -0.15) is 0 Å². The first-order chi connectivity index (χ1) is 14.4. The number of aromatic nitrogens is 1. The summed E-state index contributed by atoms with van der Waals surface area (Å²) in [4.78, 5) is 17.0. The number of para-hydroxylation sites is 1. The van der Waals surface area contributed by atoms with Crippen LogP contribution in [-0.2, 0) is 10.0 Å². The quantitative estimate of drug-likeness (QED) is 0.465. The Labute approximate surface area is 177 Å². The highest BCUT2D eigenvalue weighted by atomic mass is 32.2. The van der Waals surface area contributed by atoms with Crippen LogP contribution in [-0.4, -0.2) is 26.4 Å². The first-order valence-electron chi connectivity index (χ1n) is 8.88. The van der Waals surface area contributed by atoms with Gasteiger partial charge in [-0.3, -0.25) is 14.8 Å². The number of ether oxygens (including phenoxy) is 1. The fraction of sp³-hybridized carbons (Fsp3) is 0.0476. The average molecular weight is 440 g/mol. The second-order valence-electron chi connectivity index (χ2n) is 6.30. The van der Waals surface area contributed by atoms with E-state index >= 15 is 0 Å². The van der Waals surface area contributed by atoms with E-state index in [2.05, 4.69) is 15.0 Å². The molecule has 1 aromatic heterocycles. The number of anilines is 2. The average Bonchev–Trinajstić information content (AvgIpc) is 3.15. The van der Waals surface area contributed by atoms with Crippen LogP contribution in [0.25, 0.3) is 10.2 Å². The van der Waals surface area contributed by atoms with Crippen LogP contribution >= 0.6 is 11.3 Å². The first kappa shape index (κ1) is 19.9. The summed E-state index contributed by atoms with van der Waals surface area (Å²) in [5.41, 5.74) is 1.54. The molecule has 152 valence electrons. The molecule has 0 bridgehead atoms. The van der Waals surface area contributed by atoms with E-state index in [0.29, 0.717) is 22.1 Å². The van der Waals surface area contributed by atoms with E-state index < -0.39 is 10.0 Å². The Hall–Kier alpha value is -3.43. The van der Waals surface area contributed by atoms with Gasteiger partial charge < -0.3 is 4.74 Å². The molecule has 0 aliphatic carbocycles. The van der Waals surface area contributed by atoms with Gasteiger partial charge in [0, 0.05) is 11.3 Å². The van der Waals surface area contributed by atoms with Crippen molar-refractivity contribution in [3.63, 3.8) is 0 Å². The lowest BCUT2D eigenvalue weighted by atomic mass is 10.2. The van der Waals surface area contributed by atoms with E-state index in [1.165, 1.54) is 35.6 Å². The smallest absolute Gasteiger partial charge is 0.261 e. The zero-order chi connectivity index (χ0) is 21.1. The van der Waals surface area contributed by atoms with Crippen molar-refractivity contribution in [1.29, 1.82) is 0 Å². The maximum atomic E-state index is 12.5. The third-order valence-electron chi connectivity index (χ3n) is 4.27. The standard InChI is InChI=1S/C21H17N3O4S2/c1-28-16-9-12-18-19(13-16)29-21(22-18)23-20(25)14-7-10-17(11-8-14)30(26,27)24-15-5-3-2-4-6-15/h2-13,24H,1H3,(H,22,23,25). The number of rotatable bonds is 6. The van der Waals surface area contributed by atoms with Gasteiger partial charge in [0.25, 0.3) is 15.9 Å². The maximum Gasteiger partial charge on any atom is 0.261 e. The van der Waals surface area contributed by atoms with Gasteiger partial charge in [-0.25, -0.2) is 13.4 Å². The number of hydrogen-bond donors (Lipinski definition) is 2. The van der Waals surface area contributed by atoms with E-state index in [0.717, 1.165) is 10.2 Å². The normalized spacial score (nSPS) is 11.2. The van der Waals surface area contributed by atoms with Gasteiger partial charge in [0.15, 0.2) is 5.13 Å². The molecule has 1 heterocycles. The zero-order valence-corrected chi connectivity index (χ0v) is 17.5. The zero-order valence-electron chi connectivity index (χ0n) is 15.8. The summed E-state index contributed by atoms with van der Waals surface area (Å²) < 4.78 is 33.6. The number of thiazole rings is 1. The lowest BCUT2D eigenvalue weighted by Crippen LogP contribution is -2.14. The minimum absolute atomic E-state index is 0.0648. The van der Waals surface area contributed by atoms with E-state index in [9.17, 15) is 13.2 Å². The molecule has 0 saturated carbocycles.